The zero-order valence-corrected chi connectivity index (χ0v) is 11.7. The fourth-order valence-corrected chi connectivity index (χ4v) is 2.23. The van der Waals surface area contributed by atoms with Crippen molar-refractivity contribution >= 4 is 0 Å². The maximum Gasteiger partial charge on any atom is 0.471 e. The second-order valence-corrected chi connectivity index (χ2v) is 5.39. The van der Waals surface area contributed by atoms with Crippen LogP contribution in [0.1, 0.15) is 30.4 Å². The number of hydrogen-bond donors (Lipinski definition) is 0. The smallest absolute Gasteiger partial charge is 0.360 e. The predicted octanol–water partition coefficient (Wildman–Crippen LogP) is 4.29. The summed E-state index contributed by atoms with van der Waals surface area (Å²) in [6.45, 7) is 0. The average Bonchev–Trinajstić information content (AvgIpc) is 3.05. The van der Waals surface area contributed by atoms with Crippen molar-refractivity contribution in [1.82, 2.24) is 15.3 Å². The molecule has 1 fully saturated rings. The fraction of sp³-hybridized carbons (Fsp3) is 0.267. The fourth-order valence-electron chi connectivity index (χ4n) is 2.23. The highest BCUT2D eigenvalue weighted by Crippen LogP contribution is 2.41. The molecule has 8 heteroatoms. The van der Waals surface area contributed by atoms with Gasteiger partial charge in [-0.2, -0.15) is 18.2 Å². The van der Waals surface area contributed by atoms with Crippen LogP contribution < -0.4 is 0 Å². The first-order chi connectivity index (χ1) is 11.0. The monoisotopic (exact) mass is 321 g/mol. The van der Waals surface area contributed by atoms with E-state index in [0.717, 1.165) is 24.2 Å². The minimum absolute atomic E-state index is 0.109. The number of hydrogen-bond acceptors (Lipinski definition) is 5. The topological polar surface area (TPSA) is 65.0 Å². The molecule has 23 heavy (non-hydrogen) atoms. The highest BCUT2D eigenvalue weighted by molar-refractivity contribution is 5.65. The van der Waals surface area contributed by atoms with Crippen molar-refractivity contribution in [2.75, 3.05) is 0 Å². The first-order valence-electron chi connectivity index (χ1n) is 6.99. The van der Waals surface area contributed by atoms with E-state index in [1.165, 1.54) is 0 Å². The van der Waals surface area contributed by atoms with Crippen LogP contribution in [0.3, 0.4) is 0 Å². The highest BCUT2D eigenvalue weighted by Gasteiger charge is 2.38. The van der Waals surface area contributed by atoms with Gasteiger partial charge in [-0.15, -0.1) is 0 Å². The standard InChI is InChI=1S/C15H10F3N3O2/c16-15(17,18)14-19-13(21-23-14)10-5-1-8(2-6-10)11-7-12(22-20-11)9-3-4-9/h1-2,5-7,9H,3-4H2. The Hall–Kier alpha value is -2.64. The van der Waals surface area contributed by atoms with Crippen molar-refractivity contribution < 1.29 is 22.2 Å². The third-order valence-corrected chi connectivity index (χ3v) is 3.62. The SMILES string of the molecule is FC(F)(F)c1nc(-c2ccc(-c3cc(C4CC4)on3)cc2)no1. The molecular weight excluding hydrogens is 311 g/mol. The van der Waals surface area contributed by atoms with E-state index in [-0.39, 0.29) is 5.82 Å². The molecule has 0 bridgehead atoms. The van der Waals surface area contributed by atoms with Crippen LogP contribution in [0.25, 0.3) is 22.6 Å². The van der Waals surface area contributed by atoms with Gasteiger partial charge in [-0.25, -0.2) is 0 Å². The molecule has 0 N–H and O–H groups in total. The van der Waals surface area contributed by atoms with Crippen LogP contribution in [-0.2, 0) is 6.18 Å². The van der Waals surface area contributed by atoms with Crippen molar-refractivity contribution in [3.05, 3.63) is 42.0 Å². The van der Waals surface area contributed by atoms with Gasteiger partial charge in [0.25, 0.3) is 0 Å². The number of benzene rings is 1. The Morgan fingerprint density at radius 1 is 0.957 bits per heavy atom. The quantitative estimate of drug-likeness (QED) is 0.720. The molecule has 3 aromatic rings. The normalized spacial score (nSPS) is 15.1. The molecule has 0 spiro atoms. The summed E-state index contributed by atoms with van der Waals surface area (Å²) < 4.78 is 46.9. The number of halogens is 3. The molecule has 118 valence electrons. The van der Waals surface area contributed by atoms with E-state index in [2.05, 4.69) is 19.8 Å². The molecule has 2 heterocycles. The van der Waals surface area contributed by atoms with Crippen molar-refractivity contribution in [3.8, 4) is 22.6 Å². The summed E-state index contributed by atoms with van der Waals surface area (Å²) in [7, 11) is 0. The summed E-state index contributed by atoms with van der Waals surface area (Å²) in [5.74, 6) is -0.127. The number of alkyl halides is 3. The lowest BCUT2D eigenvalue weighted by Crippen LogP contribution is -2.04. The van der Waals surface area contributed by atoms with Crippen LogP contribution in [0.15, 0.2) is 39.4 Å². The van der Waals surface area contributed by atoms with Gasteiger partial charge in [0, 0.05) is 23.1 Å². The third kappa shape index (κ3) is 2.71. The lowest BCUT2D eigenvalue weighted by atomic mass is 10.1. The van der Waals surface area contributed by atoms with Gasteiger partial charge in [0.05, 0.1) is 0 Å². The highest BCUT2D eigenvalue weighted by atomic mass is 19.4. The molecule has 4 rings (SSSR count). The Morgan fingerprint density at radius 2 is 1.65 bits per heavy atom. The minimum atomic E-state index is -4.65. The van der Waals surface area contributed by atoms with Gasteiger partial charge in [-0.1, -0.05) is 34.6 Å². The number of nitrogens with zero attached hydrogens (tertiary/aromatic N) is 3. The molecule has 1 saturated carbocycles. The van der Waals surface area contributed by atoms with Gasteiger partial charge in [0.1, 0.15) is 11.5 Å². The van der Waals surface area contributed by atoms with E-state index in [4.69, 9.17) is 4.52 Å². The summed E-state index contributed by atoms with van der Waals surface area (Å²) in [4.78, 5) is 3.35. The Labute approximate surface area is 128 Å². The van der Waals surface area contributed by atoms with Crippen LogP contribution in [-0.4, -0.2) is 15.3 Å². The van der Waals surface area contributed by atoms with Gasteiger partial charge >= 0.3 is 12.1 Å². The third-order valence-electron chi connectivity index (χ3n) is 3.62. The van der Waals surface area contributed by atoms with Gasteiger partial charge in [-0.3, -0.25) is 0 Å². The number of rotatable bonds is 3. The Balaban J connectivity index is 1.58. The van der Waals surface area contributed by atoms with Gasteiger partial charge in [-0.05, 0) is 12.8 Å². The Kier molecular flexibility index (Phi) is 3.00. The summed E-state index contributed by atoms with van der Waals surface area (Å²) >= 11 is 0. The van der Waals surface area contributed by atoms with E-state index < -0.39 is 12.1 Å². The lowest BCUT2D eigenvalue weighted by Gasteiger charge is -1.98. The van der Waals surface area contributed by atoms with E-state index in [1.54, 1.807) is 24.3 Å². The molecule has 0 unspecified atom stereocenters. The maximum absolute atomic E-state index is 12.5. The predicted molar refractivity (Wildman–Crippen MR) is 72.2 cm³/mol. The largest absolute Gasteiger partial charge is 0.471 e. The molecule has 0 atom stereocenters. The van der Waals surface area contributed by atoms with E-state index >= 15 is 0 Å². The van der Waals surface area contributed by atoms with Crippen LogP contribution in [0, 0.1) is 0 Å². The molecule has 0 saturated heterocycles. The van der Waals surface area contributed by atoms with Gasteiger partial charge < -0.3 is 9.05 Å². The van der Waals surface area contributed by atoms with Gasteiger partial charge in [0.2, 0.25) is 5.82 Å². The van der Waals surface area contributed by atoms with E-state index in [0.29, 0.717) is 17.2 Å². The molecule has 1 aromatic carbocycles. The van der Waals surface area contributed by atoms with Crippen LogP contribution in [0.5, 0.6) is 0 Å². The first kappa shape index (κ1) is 14.0. The maximum atomic E-state index is 12.5. The Bertz CT molecular complexity index is 832. The summed E-state index contributed by atoms with van der Waals surface area (Å²) in [5.41, 5.74) is 1.94. The van der Waals surface area contributed by atoms with E-state index in [1.807, 2.05) is 6.07 Å². The average molecular weight is 321 g/mol. The van der Waals surface area contributed by atoms with Crippen molar-refractivity contribution in [1.29, 1.82) is 0 Å². The second kappa shape index (κ2) is 4.94. The van der Waals surface area contributed by atoms with Crippen molar-refractivity contribution in [3.63, 3.8) is 0 Å². The van der Waals surface area contributed by atoms with Gasteiger partial charge in [0.15, 0.2) is 0 Å². The zero-order chi connectivity index (χ0) is 16.0. The lowest BCUT2D eigenvalue weighted by molar-refractivity contribution is -0.159. The van der Waals surface area contributed by atoms with Crippen molar-refractivity contribution in [2.24, 2.45) is 0 Å². The second-order valence-electron chi connectivity index (χ2n) is 5.39. The molecule has 2 aromatic heterocycles. The molecule has 0 aliphatic heterocycles. The van der Waals surface area contributed by atoms with Crippen LogP contribution >= 0.6 is 0 Å². The summed E-state index contributed by atoms with van der Waals surface area (Å²) in [6, 6.07) is 8.58. The molecule has 0 radical (unpaired) electrons. The zero-order valence-electron chi connectivity index (χ0n) is 11.7. The first-order valence-corrected chi connectivity index (χ1v) is 6.99. The summed E-state index contributed by atoms with van der Waals surface area (Å²) in [5, 5.41) is 7.36. The summed E-state index contributed by atoms with van der Waals surface area (Å²) in [6.07, 6.45) is -2.41. The number of aromatic nitrogens is 3. The van der Waals surface area contributed by atoms with E-state index in [9.17, 15) is 13.2 Å². The molecule has 1 aliphatic carbocycles. The van der Waals surface area contributed by atoms with Crippen molar-refractivity contribution in [2.45, 2.75) is 24.9 Å². The molecule has 0 amide bonds. The van der Waals surface area contributed by atoms with Crippen LogP contribution in [0.4, 0.5) is 13.2 Å². The Morgan fingerprint density at radius 3 is 2.26 bits per heavy atom. The molecule has 5 nitrogen and oxygen atoms in total. The minimum Gasteiger partial charge on any atom is -0.360 e. The van der Waals surface area contributed by atoms with Crippen LogP contribution in [0.2, 0.25) is 0 Å². The molecule has 1 aliphatic rings. The molecular formula is C15H10F3N3O2.